The monoisotopic (exact) mass is 205 g/mol. The molecule has 0 unspecified atom stereocenters. The average molecular weight is 205 g/mol. The van der Waals surface area contributed by atoms with E-state index in [2.05, 4.69) is 10.6 Å². The Morgan fingerprint density at radius 2 is 2.00 bits per heavy atom. The largest absolute Gasteiger partial charge is 0.382 e. The molecule has 0 aromatic heterocycles. The summed E-state index contributed by atoms with van der Waals surface area (Å²) in [4.78, 5) is 13.5. The first-order valence-corrected chi connectivity index (χ1v) is 5.02. The van der Waals surface area contributed by atoms with Crippen molar-refractivity contribution in [3.05, 3.63) is 23.8 Å². The summed E-state index contributed by atoms with van der Waals surface area (Å²) >= 11 is 0. The highest BCUT2D eigenvalue weighted by Gasteiger charge is 2.17. The first-order valence-electron chi connectivity index (χ1n) is 5.02. The molecule has 0 saturated carbocycles. The second-order valence-electron chi connectivity index (χ2n) is 3.78. The van der Waals surface area contributed by atoms with Crippen molar-refractivity contribution in [2.75, 3.05) is 37.8 Å². The Balaban J connectivity index is 2.43. The molecular formula is C11H15N3O. The zero-order valence-corrected chi connectivity index (χ0v) is 9.00. The standard InChI is InChI=1S/C11H15N3O/c1-14(2)11(15)8-4-3-5-9-10(8)13-7-6-12-9/h3-5,12-13H,6-7H2,1-2H3. The van der Waals surface area contributed by atoms with Crippen LogP contribution >= 0.6 is 0 Å². The lowest BCUT2D eigenvalue weighted by Crippen LogP contribution is -2.27. The van der Waals surface area contributed by atoms with Gasteiger partial charge in [0.15, 0.2) is 0 Å². The zero-order valence-electron chi connectivity index (χ0n) is 9.00. The highest BCUT2D eigenvalue weighted by Crippen LogP contribution is 2.28. The number of rotatable bonds is 1. The lowest BCUT2D eigenvalue weighted by molar-refractivity contribution is 0.0828. The predicted octanol–water partition coefficient (Wildman–Crippen LogP) is 1.23. The smallest absolute Gasteiger partial charge is 0.255 e. The van der Waals surface area contributed by atoms with Gasteiger partial charge >= 0.3 is 0 Å². The lowest BCUT2D eigenvalue weighted by Gasteiger charge is -2.23. The van der Waals surface area contributed by atoms with Crippen LogP contribution in [0.4, 0.5) is 11.4 Å². The van der Waals surface area contributed by atoms with E-state index in [0.717, 1.165) is 30.0 Å². The van der Waals surface area contributed by atoms with E-state index >= 15 is 0 Å². The molecule has 0 radical (unpaired) electrons. The summed E-state index contributed by atoms with van der Waals surface area (Å²) in [5.41, 5.74) is 2.65. The van der Waals surface area contributed by atoms with Gasteiger partial charge in [-0.15, -0.1) is 0 Å². The molecule has 0 atom stereocenters. The van der Waals surface area contributed by atoms with Gasteiger partial charge in [-0.2, -0.15) is 0 Å². The molecule has 4 heteroatoms. The van der Waals surface area contributed by atoms with Crippen LogP contribution in [0.2, 0.25) is 0 Å². The molecule has 1 aliphatic heterocycles. The minimum atomic E-state index is 0.0306. The maximum Gasteiger partial charge on any atom is 0.255 e. The number of nitrogens with zero attached hydrogens (tertiary/aromatic N) is 1. The van der Waals surface area contributed by atoms with Gasteiger partial charge in [-0.05, 0) is 12.1 Å². The summed E-state index contributed by atoms with van der Waals surface area (Å²) in [6.45, 7) is 1.75. The number of para-hydroxylation sites is 1. The molecule has 4 nitrogen and oxygen atoms in total. The number of anilines is 2. The Kier molecular flexibility index (Phi) is 2.49. The number of amides is 1. The molecule has 1 aromatic carbocycles. The molecule has 1 aromatic rings. The fourth-order valence-electron chi connectivity index (χ4n) is 1.69. The van der Waals surface area contributed by atoms with Gasteiger partial charge in [0, 0.05) is 27.2 Å². The van der Waals surface area contributed by atoms with Crippen LogP contribution in [0.1, 0.15) is 10.4 Å². The lowest BCUT2D eigenvalue weighted by atomic mass is 10.1. The third kappa shape index (κ3) is 1.75. The van der Waals surface area contributed by atoms with Crippen molar-refractivity contribution >= 4 is 17.3 Å². The van der Waals surface area contributed by atoms with Crippen molar-refractivity contribution in [2.24, 2.45) is 0 Å². The van der Waals surface area contributed by atoms with E-state index in [9.17, 15) is 4.79 Å². The summed E-state index contributed by atoms with van der Waals surface area (Å²) in [6.07, 6.45) is 0. The molecule has 1 amide bonds. The molecule has 0 bridgehead atoms. The topological polar surface area (TPSA) is 44.4 Å². The number of carbonyl (C=O) groups is 1. The highest BCUT2D eigenvalue weighted by atomic mass is 16.2. The highest BCUT2D eigenvalue weighted by molar-refractivity contribution is 6.02. The third-order valence-corrected chi connectivity index (χ3v) is 2.44. The molecule has 0 aliphatic carbocycles. The van der Waals surface area contributed by atoms with Gasteiger partial charge in [0.1, 0.15) is 0 Å². The average Bonchev–Trinajstić information content (AvgIpc) is 2.27. The molecule has 1 aliphatic rings. The van der Waals surface area contributed by atoms with Crippen LogP contribution in [0.3, 0.4) is 0 Å². The summed E-state index contributed by atoms with van der Waals surface area (Å²) in [5.74, 6) is 0.0306. The van der Waals surface area contributed by atoms with Gasteiger partial charge in [-0.1, -0.05) is 6.07 Å². The molecule has 80 valence electrons. The minimum Gasteiger partial charge on any atom is -0.382 e. The van der Waals surface area contributed by atoms with Crippen molar-refractivity contribution < 1.29 is 4.79 Å². The van der Waals surface area contributed by atoms with E-state index in [1.807, 2.05) is 18.2 Å². The van der Waals surface area contributed by atoms with Crippen molar-refractivity contribution in [1.82, 2.24) is 4.90 Å². The van der Waals surface area contributed by atoms with Crippen molar-refractivity contribution in [3.8, 4) is 0 Å². The molecule has 0 fully saturated rings. The third-order valence-electron chi connectivity index (χ3n) is 2.44. The van der Waals surface area contributed by atoms with Crippen LogP contribution in [-0.2, 0) is 0 Å². The van der Waals surface area contributed by atoms with Crippen molar-refractivity contribution in [1.29, 1.82) is 0 Å². The molecule has 1 heterocycles. The van der Waals surface area contributed by atoms with E-state index in [4.69, 9.17) is 0 Å². The molecular weight excluding hydrogens is 190 g/mol. The summed E-state index contributed by atoms with van der Waals surface area (Å²) in [7, 11) is 3.52. The second-order valence-corrected chi connectivity index (χ2v) is 3.78. The Bertz CT molecular complexity index is 387. The number of nitrogens with one attached hydrogen (secondary N) is 2. The normalized spacial score (nSPS) is 13.5. The van der Waals surface area contributed by atoms with Gasteiger partial charge in [-0.3, -0.25) is 4.79 Å². The molecule has 2 rings (SSSR count). The number of benzene rings is 1. The molecule has 15 heavy (non-hydrogen) atoms. The fourth-order valence-corrected chi connectivity index (χ4v) is 1.69. The predicted molar refractivity (Wildman–Crippen MR) is 61.4 cm³/mol. The molecule has 2 N–H and O–H groups in total. The molecule has 0 spiro atoms. The van der Waals surface area contributed by atoms with Crippen LogP contribution in [0, 0.1) is 0 Å². The van der Waals surface area contributed by atoms with Gasteiger partial charge in [0.25, 0.3) is 5.91 Å². The summed E-state index contributed by atoms with van der Waals surface area (Å²) in [6, 6.07) is 5.73. The molecule has 0 saturated heterocycles. The van der Waals surface area contributed by atoms with Crippen LogP contribution < -0.4 is 10.6 Å². The Labute approximate surface area is 89.3 Å². The maximum absolute atomic E-state index is 11.9. The van der Waals surface area contributed by atoms with E-state index < -0.39 is 0 Å². The Morgan fingerprint density at radius 1 is 1.27 bits per heavy atom. The first-order chi connectivity index (χ1) is 7.20. The number of hydrogen-bond acceptors (Lipinski definition) is 3. The number of fused-ring (bicyclic) bond motifs is 1. The zero-order chi connectivity index (χ0) is 10.8. The SMILES string of the molecule is CN(C)C(=O)c1cccc2c1NCCN2. The van der Waals surface area contributed by atoms with E-state index in [-0.39, 0.29) is 5.91 Å². The van der Waals surface area contributed by atoms with E-state index in [0.29, 0.717) is 0 Å². The van der Waals surface area contributed by atoms with Crippen LogP contribution in [-0.4, -0.2) is 38.0 Å². The second kappa shape index (κ2) is 3.81. The number of carbonyl (C=O) groups excluding carboxylic acids is 1. The van der Waals surface area contributed by atoms with Crippen molar-refractivity contribution in [2.45, 2.75) is 0 Å². The van der Waals surface area contributed by atoms with Gasteiger partial charge in [0.2, 0.25) is 0 Å². The van der Waals surface area contributed by atoms with E-state index in [1.54, 1.807) is 19.0 Å². The van der Waals surface area contributed by atoms with Crippen LogP contribution in [0.15, 0.2) is 18.2 Å². The fraction of sp³-hybridized carbons (Fsp3) is 0.364. The minimum absolute atomic E-state index is 0.0306. The summed E-state index contributed by atoms with van der Waals surface area (Å²) in [5, 5.41) is 6.52. The van der Waals surface area contributed by atoms with Crippen LogP contribution in [0.25, 0.3) is 0 Å². The van der Waals surface area contributed by atoms with Crippen LogP contribution in [0.5, 0.6) is 0 Å². The first kappa shape index (κ1) is 9.83. The van der Waals surface area contributed by atoms with E-state index in [1.165, 1.54) is 0 Å². The van der Waals surface area contributed by atoms with Gasteiger partial charge in [-0.25, -0.2) is 0 Å². The summed E-state index contributed by atoms with van der Waals surface area (Å²) < 4.78 is 0. The maximum atomic E-state index is 11.9. The quantitative estimate of drug-likeness (QED) is 0.724. The Morgan fingerprint density at radius 3 is 2.73 bits per heavy atom. The van der Waals surface area contributed by atoms with Crippen molar-refractivity contribution in [3.63, 3.8) is 0 Å². The Hall–Kier alpha value is -1.71. The number of hydrogen-bond donors (Lipinski definition) is 2. The van der Waals surface area contributed by atoms with Gasteiger partial charge < -0.3 is 15.5 Å². The van der Waals surface area contributed by atoms with Gasteiger partial charge in [0.05, 0.1) is 16.9 Å².